The van der Waals surface area contributed by atoms with Crippen LogP contribution in [0.5, 0.6) is 5.75 Å². The lowest BCUT2D eigenvalue weighted by molar-refractivity contribution is -0.917. The van der Waals surface area contributed by atoms with E-state index in [-0.39, 0.29) is 18.2 Å². The molecule has 1 aliphatic heterocycles. The number of rotatable bonds is 6. The Kier molecular flexibility index (Phi) is 5.68. The van der Waals surface area contributed by atoms with Gasteiger partial charge in [-0.3, -0.25) is 14.9 Å². The Morgan fingerprint density at radius 3 is 2.59 bits per heavy atom. The minimum atomic E-state index is -0.467. The van der Waals surface area contributed by atoms with Gasteiger partial charge in [-0.15, -0.1) is 11.3 Å². The SMILES string of the molecule is O=C(COc1ccc([N+](=O)[O-])cc1)N1CC[NH+](Cc2nc3ccccc3s2)CC1. The molecule has 3 aromatic rings. The van der Waals surface area contributed by atoms with Gasteiger partial charge in [0.15, 0.2) is 6.61 Å². The minimum absolute atomic E-state index is 0.00380. The smallest absolute Gasteiger partial charge is 0.269 e. The second-order valence-corrected chi connectivity index (χ2v) is 8.04. The second-order valence-electron chi connectivity index (χ2n) is 6.92. The second kappa shape index (κ2) is 8.54. The van der Waals surface area contributed by atoms with Gasteiger partial charge < -0.3 is 14.5 Å². The fraction of sp³-hybridized carbons (Fsp3) is 0.300. The predicted molar refractivity (Wildman–Crippen MR) is 109 cm³/mol. The molecular formula is C20H21N4O4S+. The highest BCUT2D eigenvalue weighted by Gasteiger charge is 2.25. The highest BCUT2D eigenvalue weighted by Crippen LogP contribution is 2.21. The number of amides is 1. The molecule has 9 heteroatoms. The van der Waals surface area contributed by atoms with Crippen LogP contribution >= 0.6 is 11.3 Å². The number of nitrogens with one attached hydrogen (secondary N) is 1. The number of aromatic nitrogens is 1. The summed E-state index contributed by atoms with van der Waals surface area (Å²) in [5, 5.41) is 11.8. The summed E-state index contributed by atoms with van der Waals surface area (Å²) in [6.07, 6.45) is 0. The van der Waals surface area contributed by atoms with Crippen molar-refractivity contribution in [3.63, 3.8) is 0 Å². The van der Waals surface area contributed by atoms with Crippen LogP contribution in [0.25, 0.3) is 10.2 Å². The molecule has 150 valence electrons. The Morgan fingerprint density at radius 2 is 1.90 bits per heavy atom. The van der Waals surface area contributed by atoms with E-state index in [0.29, 0.717) is 18.8 Å². The molecule has 4 rings (SSSR count). The van der Waals surface area contributed by atoms with Crippen LogP contribution in [-0.2, 0) is 11.3 Å². The third-order valence-corrected chi connectivity index (χ3v) is 6.01. The molecule has 1 amide bonds. The fourth-order valence-corrected chi connectivity index (χ4v) is 4.40. The number of quaternary nitrogens is 1. The van der Waals surface area contributed by atoms with Crippen molar-refractivity contribution >= 4 is 33.1 Å². The maximum atomic E-state index is 12.4. The molecule has 29 heavy (non-hydrogen) atoms. The van der Waals surface area contributed by atoms with Crippen LogP contribution in [0.2, 0.25) is 0 Å². The summed E-state index contributed by atoms with van der Waals surface area (Å²) in [6.45, 7) is 3.93. The fourth-order valence-electron chi connectivity index (χ4n) is 3.36. The molecule has 1 N–H and O–H groups in total. The molecule has 0 spiro atoms. The number of hydrogen-bond donors (Lipinski definition) is 1. The average Bonchev–Trinajstić information content (AvgIpc) is 3.15. The topological polar surface area (TPSA) is 90.0 Å². The molecule has 1 aliphatic rings. The number of hydrogen-bond acceptors (Lipinski definition) is 6. The van der Waals surface area contributed by atoms with Crippen molar-refractivity contribution in [3.05, 3.63) is 63.7 Å². The summed E-state index contributed by atoms with van der Waals surface area (Å²) < 4.78 is 6.69. The van der Waals surface area contributed by atoms with Gasteiger partial charge in [-0.2, -0.15) is 0 Å². The summed E-state index contributed by atoms with van der Waals surface area (Å²) in [5.41, 5.74) is 1.04. The number of nitrogens with zero attached hydrogens (tertiary/aromatic N) is 3. The summed E-state index contributed by atoms with van der Waals surface area (Å²) in [4.78, 5) is 30.5. The van der Waals surface area contributed by atoms with Crippen molar-refractivity contribution in [2.45, 2.75) is 6.54 Å². The van der Waals surface area contributed by atoms with E-state index in [1.807, 2.05) is 23.1 Å². The van der Waals surface area contributed by atoms with Crippen LogP contribution in [0, 0.1) is 10.1 Å². The number of carbonyl (C=O) groups excluding carboxylic acids is 1. The largest absolute Gasteiger partial charge is 0.484 e. The molecule has 0 radical (unpaired) electrons. The number of para-hydroxylation sites is 1. The van der Waals surface area contributed by atoms with Crippen LogP contribution in [0.15, 0.2) is 48.5 Å². The summed E-state index contributed by atoms with van der Waals surface area (Å²) >= 11 is 1.73. The Bertz CT molecular complexity index is 980. The van der Waals surface area contributed by atoms with Crippen LogP contribution < -0.4 is 9.64 Å². The van der Waals surface area contributed by atoms with E-state index in [9.17, 15) is 14.9 Å². The van der Waals surface area contributed by atoms with Gasteiger partial charge in [-0.05, 0) is 24.3 Å². The molecule has 0 saturated carbocycles. The van der Waals surface area contributed by atoms with Crippen molar-refractivity contribution in [1.29, 1.82) is 0 Å². The lowest BCUT2D eigenvalue weighted by Gasteiger charge is -2.31. The molecule has 2 heterocycles. The lowest BCUT2D eigenvalue weighted by atomic mass is 10.3. The van der Waals surface area contributed by atoms with Crippen LogP contribution in [0.3, 0.4) is 0 Å². The van der Waals surface area contributed by atoms with E-state index in [1.54, 1.807) is 11.3 Å². The molecule has 8 nitrogen and oxygen atoms in total. The molecule has 0 aliphatic carbocycles. The van der Waals surface area contributed by atoms with Crippen molar-refractivity contribution in [2.24, 2.45) is 0 Å². The molecule has 1 aromatic heterocycles. The standard InChI is InChI=1S/C20H20N4O4S/c25-20(14-28-16-7-5-15(6-8-16)24(26)27)23-11-9-22(10-12-23)13-19-21-17-3-1-2-4-18(17)29-19/h1-8H,9-14H2/p+1. The number of nitro benzene ring substituents is 1. The van der Waals surface area contributed by atoms with E-state index >= 15 is 0 Å². The van der Waals surface area contributed by atoms with Crippen LogP contribution in [0.1, 0.15) is 5.01 Å². The zero-order valence-electron chi connectivity index (χ0n) is 15.7. The number of piperazine rings is 1. The molecule has 0 atom stereocenters. The predicted octanol–water partition coefficient (Wildman–Crippen LogP) is 1.51. The number of fused-ring (bicyclic) bond motifs is 1. The molecular weight excluding hydrogens is 392 g/mol. The van der Waals surface area contributed by atoms with Crippen LogP contribution in [0.4, 0.5) is 5.69 Å². The van der Waals surface area contributed by atoms with Gasteiger partial charge in [0, 0.05) is 12.1 Å². The van der Waals surface area contributed by atoms with Gasteiger partial charge in [-0.1, -0.05) is 12.1 Å². The Morgan fingerprint density at radius 1 is 1.17 bits per heavy atom. The highest BCUT2D eigenvalue weighted by molar-refractivity contribution is 7.18. The first-order valence-electron chi connectivity index (χ1n) is 9.41. The maximum absolute atomic E-state index is 12.4. The molecule has 2 aromatic carbocycles. The van der Waals surface area contributed by atoms with Crippen LogP contribution in [-0.4, -0.2) is 53.5 Å². The number of ether oxygens (including phenoxy) is 1. The number of carbonyl (C=O) groups is 1. The number of thiazole rings is 1. The van der Waals surface area contributed by atoms with E-state index in [0.717, 1.165) is 30.2 Å². The zero-order chi connectivity index (χ0) is 20.2. The minimum Gasteiger partial charge on any atom is -0.484 e. The molecule has 0 bridgehead atoms. The third-order valence-electron chi connectivity index (χ3n) is 4.97. The molecule has 1 saturated heterocycles. The normalized spacial score (nSPS) is 14.8. The Hall–Kier alpha value is -3.04. The molecule has 1 fully saturated rings. The number of benzene rings is 2. The van der Waals surface area contributed by atoms with Crippen molar-refractivity contribution in [1.82, 2.24) is 9.88 Å². The van der Waals surface area contributed by atoms with E-state index in [4.69, 9.17) is 9.72 Å². The lowest BCUT2D eigenvalue weighted by Crippen LogP contribution is -3.13. The first-order chi connectivity index (χ1) is 14.1. The molecule has 0 unspecified atom stereocenters. The quantitative estimate of drug-likeness (QED) is 0.489. The third kappa shape index (κ3) is 4.69. The monoisotopic (exact) mass is 413 g/mol. The summed E-state index contributed by atoms with van der Waals surface area (Å²) in [5.74, 6) is 0.381. The van der Waals surface area contributed by atoms with Crippen molar-refractivity contribution in [2.75, 3.05) is 32.8 Å². The van der Waals surface area contributed by atoms with Crippen molar-refractivity contribution in [3.8, 4) is 5.75 Å². The summed E-state index contributed by atoms with van der Waals surface area (Å²) in [7, 11) is 0. The van der Waals surface area contributed by atoms with Gasteiger partial charge in [0.05, 0.1) is 41.3 Å². The van der Waals surface area contributed by atoms with Gasteiger partial charge in [0.25, 0.3) is 11.6 Å². The van der Waals surface area contributed by atoms with Gasteiger partial charge in [-0.25, -0.2) is 4.98 Å². The van der Waals surface area contributed by atoms with Gasteiger partial charge in [0.2, 0.25) is 0 Å². The van der Waals surface area contributed by atoms with Gasteiger partial charge >= 0.3 is 0 Å². The van der Waals surface area contributed by atoms with E-state index in [2.05, 4.69) is 6.07 Å². The Labute approximate surface area is 171 Å². The first kappa shape index (κ1) is 19.3. The van der Waals surface area contributed by atoms with Crippen molar-refractivity contribution < 1.29 is 19.4 Å². The maximum Gasteiger partial charge on any atom is 0.269 e. The zero-order valence-corrected chi connectivity index (χ0v) is 16.6. The van der Waals surface area contributed by atoms with E-state index in [1.165, 1.54) is 33.9 Å². The number of nitro groups is 1. The van der Waals surface area contributed by atoms with E-state index < -0.39 is 4.92 Å². The van der Waals surface area contributed by atoms with Gasteiger partial charge in [0.1, 0.15) is 17.3 Å². The average molecular weight is 413 g/mol. The number of non-ortho nitro benzene ring substituents is 1. The highest BCUT2D eigenvalue weighted by atomic mass is 32.1. The Balaban J connectivity index is 1.24. The first-order valence-corrected chi connectivity index (χ1v) is 10.2. The summed E-state index contributed by atoms with van der Waals surface area (Å²) in [6, 6.07) is 13.9.